The van der Waals surface area contributed by atoms with E-state index in [-0.39, 0.29) is 17.8 Å². The van der Waals surface area contributed by atoms with E-state index in [2.05, 4.69) is 20.6 Å². The van der Waals surface area contributed by atoms with Crippen molar-refractivity contribution in [1.29, 1.82) is 0 Å². The number of nitrogens with one attached hydrogen (secondary N) is 2. The van der Waals surface area contributed by atoms with E-state index in [4.69, 9.17) is 15.2 Å². The molecule has 0 saturated heterocycles. The number of methoxy groups -OCH3 is 1. The fourth-order valence-electron chi connectivity index (χ4n) is 4.47. The Labute approximate surface area is 204 Å². The fourth-order valence-corrected chi connectivity index (χ4v) is 4.47. The molecule has 4 rings (SSSR count). The summed E-state index contributed by atoms with van der Waals surface area (Å²) in [5, 5.41) is 6.64. The summed E-state index contributed by atoms with van der Waals surface area (Å²) in [5.41, 5.74) is 7.00. The molecular formula is C26H32FN5O3. The van der Waals surface area contributed by atoms with Crippen LogP contribution in [0.3, 0.4) is 0 Å². The van der Waals surface area contributed by atoms with Gasteiger partial charge in [0.15, 0.2) is 11.5 Å². The van der Waals surface area contributed by atoms with Gasteiger partial charge in [0, 0.05) is 31.0 Å². The van der Waals surface area contributed by atoms with Crippen molar-refractivity contribution in [2.45, 2.75) is 45.1 Å². The molecule has 0 atom stereocenters. The molecule has 4 N–H and O–H groups in total. The Balaban J connectivity index is 1.50. The molecule has 0 bridgehead atoms. The number of ether oxygens (including phenoxy) is 2. The second kappa shape index (κ2) is 11.3. The summed E-state index contributed by atoms with van der Waals surface area (Å²) in [5.74, 6) is 1.73. The lowest BCUT2D eigenvalue weighted by Gasteiger charge is -2.29. The number of anilines is 2. The van der Waals surface area contributed by atoms with Crippen molar-refractivity contribution in [1.82, 2.24) is 15.3 Å². The van der Waals surface area contributed by atoms with E-state index in [0.717, 1.165) is 25.7 Å². The van der Waals surface area contributed by atoms with Gasteiger partial charge in [-0.05, 0) is 56.2 Å². The van der Waals surface area contributed by atoms with Crippen molar-refractivity contribution >= 4 is 28.3 Å². The topological polar surface area (TPSA) is 111 Å². The zero-order chi connectivity index (χ0) is 24.8. The molecule has 186 valence electrons. The number of rotatable bonds is 9. The third kappa shape index (κ3) is 5.97. The van der Waals surface area contributed by atoms with Crippen molar-refractivity contribution in [3.63, 3.8) is 0 Å². The third-order valence-electron chi connectivity index (χ3n) is 6.39. The highest BCUT2D eigenvalue weighted by molar-refractivity contribution is 5.93. The second-order valence-corrected chi connectivity index (χ2v) is 8.91. The number of carbonyl (C=O) groups is 1. The molecule has 1 saturated carbocycles. The van der Waals surface area contributed by atoms with E-state index < -0.39 is 0 Å². The first-order valence-electron chi connectivity index (χ1n) is 12.0. The number of aryl methyl sites for hydroxylation is 1. The summed E-state index contributed by atoms with van der Waals surface area (Å²) in [6.45, 7) is 2.68. The number of nitrogens with zero attached hydrogens (tertiary/aromatic N) is 2. The maximum Gasteiger partial charge on any atom is 0.220 e. The van der Waals surface area contributed by atoms with Crippen LogP contribution < -0.4 is 25.8 Å². The summed E-state index contributed by atoms with van der Waals surface area (Å²) in [6.07, 6.45) is 5.50. The van der Waals surface area contributed by atoms with E-state index in [1.165, 1.54) is 6.33 Å². The van der Waals surface area contributed by atoms with Crippen LogP contribution in [0.2, 0.25) is 0 Å². The van der Waals surface area contributed by atoms with Gasteiger partial charge in [0.25, 0.3) is 0 Å². The number of nitrogens with two attached hydrogens (primary N) is 1. The predicted molar refractivity (Wildman–Crippen MR) is 134 cm³/mol. The maximum absolute atomic E-state index is 14.6. The Morgan fingerprint density at radius 1 is 1.17 bits per heavy atom. The summed E-state index contributed by atoms with van der Waals surface area (Å²) >= 11 is 0. The van der Waals surface area contributed by atoms with Crippen molar-refractivity contribution in [2.24, 2.45) is 11.7 Å². The average molecular weight is 482 g/mol. The van der Waals surface area contributed by atoms with Crippen LogP contribution in [0.25, 0.3) is 10.9 Å². The molecule has 1 heterocycles. The van der Waals surface area contributed by atoms with Crippen molar-refractivity contribution in [3.8, 4) is 11.5 Å². The summed E-state index contributed by atoms with van der Waals surface area (Å²) in [7, 11) is 1.59. The molecule has 1 fully saturated rings. The minimum atomic E-state index is -0.322. The van der Waals surface area contributed by atoms with Crippen LogP contribution in [-0.2, 0) is 4.79 Å². The largest absolute Gasteiger partial charge is 0.493 e. The lowest BCUT2D eigenvalue weighted by molar-refractivity contribution is -0.122. The average Bonchev–Trinajstić information content (AvgIpc) is 2.86. The van der Waals surface area contributed by atoms with Crippen molar-refractivity contribution in [2.75, 3.05) is 25.5 Å². The standard InChI is InChI=1S/C26H32FN5O3/c1-16-4-3-5-20(25(16)27)32-26-19-13-23(22(34-2)14-21(19)30-15-31-26)35-18-8-6-17(7-9-18)12-24(33)29-11-10-28/h3-5,13-15,17-18H,6-12,28H2,1-2H3,(H,29,33)(H,30,31,32). The predicted octanol–water partition coefficient (Wildman–Crippen LogP) is 4.23. The normalized spacial score (nSPS) is 17.7. The minimum absolute atomic E-state index is 0.0139. The molecule has 1 aliphatic rings. The highest BCUT2D eigenvalue weighted by Crippen LogP contribution is 2.38. The number of fused-ring (bicyclic) bond motifs is 1. The van der Waals surface area contributed by atoms with E-state index >= 15 is 0 Å². The smallest absolute Gasteiger partial charge is 0.220 e. The molecule has 1 amide bonds. The summed E-state index contributed by atoms with van der Waals surface area (Å²) in [4.78, 5) is 20.7. The monoisotopic (exact) mass is 481 g/mol. The van der Waals surface area contributed by atoms with Gasteiger partial charge < -0.3 is 25.8 Å². The SMILES string of the molecule is COc1cc2ncnc(Nc3cccc(C)c3F)c2cc1OC1CCC(CC(=O)NCCN)CC1. The van der Waals surface area contributed by atoms with Crippen LogP contribution in [0.1, 0.15) is 37.7 Å². The summed E-state index contributed by atoms with van der Waals surface area (Å²) < 4.78 is 26.5. The van der Waals surface area contributed by atoms with Gasteiger partial charge in [0.2, 0.25) is 5.91 Å². The number of hydrogen-bond donors (Lipinski definition) is 3. The number of carbonyl (C=O) groups excluding carboxylic acids is 1. The molecule has 0 spiro atoms. The maximum atomic E-state index is 14.6. The molecule has 35 heavy (non-hydrogen) atoms. The molecular weight excluding hydrogens is 449 g/mol. The fraction of sp³-hybridized carbons (Fsp3) is 0.423. The zero-order valence-corrected chi connectivity index (χ0v) is 20.1. The molecule has 1 aromatic heterocycles. The summed E-state index contributed by atoms with van der Waals surface area (Å²) in [6, 6.07) is 8.83. The van der Waals surface area contributed by atoms with Gasteiger partial charge in [-0.1, -0.05) is 12.1 Å². The van der Waals surface area contributed by atoms with Crippen LogP contribution in [0.4, 0.5) is 15.9 Å². The Morgan fingerprint density at radius 3 is 2.71 bits per heavy atom. The van der Waals surface area contributed by atoms with Gasteiger partial charge in [-0.25, -0.2) is 14.4 Å². The molecule has 0 radical (unpaired) electrons. The second-order valence-electron chi connectivity index (χ2n) is 8.91. The zero-order valence-electron chi connectivity index (χ0n) is 20.1. The van der Waals surface area contributed by atoms with Gasteiger partial charge >= 0.3 is 0 Å². The van der Waals surface area contributed by atoms with Gasteiger partial charge in [-0.15, -0.1) is 0 Å². The quantitative estimate of drug-likeness (QED) is 0.419. The molecule has 1 aliphatic carbocycles. The third-order valence-corrected chi connectivity index (χ3v) is 6.39. The van der Waals surface area contributed by atoms with Crippen LogP contribution in [0, 0.1) is 18.7 Å². The first-order chi connectivity index (χ1) is 17.0. The lowest BCUT2D eigenvalue weighted by atomic mass is 9.85. The van der Waals surface area contributed by atoms with Crippen molar-refractivity contribution < 1.29 is 18.7 Å². The lowest BCUT2D eigenvalue weighted by Crippen LogP contribution is -2.32. The number of amides is 1. The van der Waals surface area contributed by atoms with Gasteiger partial charge in [0.1, 0.15) is 18.0 Å². The molecule has 2 aromatic carbocycles. The number of benzene rings is 2. The van der Waals surface area contributed by atoms with Crippen LogP contribution in [-0.4, -0.2) is 42.2 Å². The van der Waals surface area contributed by atoms with E-state index in [0.29, 0.717) is 64.9 Å². The highest BCUT2D eigenvalue weighted by Gasteiger charge is 2.25. The number of hydrogen-bond acceptors (Lipinski definition) is 7. The first-order valence-corrected chi connectivity index (χ1v) is 12.0. The van der Waals surface area contributed by atoms with Crippen LogP contribution in [0.15, 0.2) is 36.7 Å². The van der Waals surface area contributed by atoms with Gasteiger partial charge in [-0.2, -0.15) is 0 Å². The number of aromatic nitrogens is 2. The molecule has 0 aliphatic heterocycles. The van der Waals surface area contributed by atoms with E-state index in [1.807, 2.05) is 6.07 Å². The number of halogens is 1. The van der Waals surface area contributed by atoms with Crippen molar-refractivity contribution in [3.05, 3.63) is 48.0 Å². The van der Waals surface area contributed by atoms with Gasteiger partial charge in [-0.3, -0.25) is 4.79 Å². The Morgan fingerprint density at radius 2 is 1.97 bits per heavy atom. The Kier molecular flexibility index (Phi) is 7.97. The molecule has 3 aromatic rings. The van der Waals surface area contributed by atoms with Crippen LogP contribution in [0.5, 0.6) is 11.5 Å². The molecule has 0 unspecified atom stereocenters. The first kappa shape index (κ1) is 24.7. The minimum Gasteiger partial charge on any atom is -0.493 e. The Bertz CT molecular complexity index is 1180. The van der Waals surface area contributed by atoms with E-state index in [9.17, 15) is 9.18 Å². The van der Waals surface area contributed by atoms with E-state index in [1.54, 1.807) is 38.3 Å². The van der Waals surface area contributed by atoms with Crippen LogP contribution >= 0.6 is 0 Å². The highest BCUT2D eigenvalue weighted by atomic mass is 19.1. The Hall–Kier alpha value is -3.46. The molecule has 8 nitrogen and oxygen atoms in total. The molecule has 9 heteroatoms. The van der Waals surface area contributed by atoms with Gasteiger partial charge in [0.05, 0.1) is 24.4 Å².